The SMILES string of the molecule is CNC1CCN(c2cc(C)cnn2)CC1. The highest BCUT2D eigenvalue weighted by Gasteiger charge is 2.18. The molecule has 2 heterocycles. The van der Waals surface area contributed by atoms with Crippen LogP contribution in [0.2, 0.25) is 0 Å². The highest BCUT2D eigenvalue weighted by Crippen LogP contribution is 2.17. The molecule has 0 bridgehead atoms. The van der Waals surface area contributed by atoms with E-state index in [1.165, 1.54) is 18.4 Å². The smallest absolute Gasteiger partial charge is 0.151 e. The van der Waals surface area contributed by atoms with Crippen LogP contribution in [0, 0.1) is 6.92 Å². The first-order valence-electron chi connectivity index (χ1n) is 5.51. The molecule has 1 fully saturated rings. The van der Waals surface area contributed by atoms with Crippen LogP contribution >= 0.6 is 0 Å². The van der Waals surface area contributed by atoms with Gasteiger partial charge in [-0.15, -0.1) is 5.10 Å². The van der Waals surface area contributed by atoms with Gasteiger partial charge in [0, 0.05) is 19.1 Å². The summed E-state index contributed by atoms with van der Waals surface area (Å²) < 4.78 is 0. The number of hydrogen-bond acceptors (Lipinski definition) is 4. The van der Waals surface area contributed by atoms with Crippen LogP contribution in [0.4, 0.5) is 5.82 Å². The summed E-state index contributed by atoms with van der Waals surface area (Å²) in [4.78, 5) is 2.31. The summed E-state index contributed by atoms with van der Waals surface area (Å²) in [5.74, 6) is 1.02. The van der Waals surface area contributed by atoms with E-state index >= 15 is 0 Å². The Kier molecular flexibility index (Phi) is 3.16. The van der Waals surface area contributed by atoms with Gasteiger partial charge < -0.3 is 10.2 Å². The van der Waals surface area contributed by atoms with Crippen LogP contribution in [-0.4, -0.2) is 36.4 Å². The number of nitrogens with zero attached hydrogens (tertiary/aromatic N) is 3. The predicted molar refractivity (Wildman–Crippen MR) is 61.1 cm³/mol. The third-order valence-corrected chi connectivity index (χ3v) is 3.01. The number of aryl methyl sites for hydroxylation is 1. The summed E-state index contributed by atoms with van der Waals surface area (Å²) in [7, 11) is 2.03. The van der Waals surface area contributed by atoms with Crippen molar-refractivity contribution < 1.29 is 0 Å². The second kappa shape index (κ2) is 4.57. The minimum atomic E-state index is 0.666. The van der Waals surface area contributed by atoms with E-state index in [2.05, 4.69) is 33.4 Å². The summed E-state index contributed by atoms with van der Waals surface area (Å²) in [6.07, 6.45) is 4.17. The maximum Gasteiger partial charge on any atom is 0.151 e. The highest BCUT2D eigenvalue weighted by atomic mass is 15.3. The normalized spacial score (nSPS) is 18.1. The largest absolute Gasteiger partial charge is 0.355 e. The van der Waals surface area contributed by atoms with Crippen molar-refractivity contribution in [3.8, 4) is 0 Å². The Morgan fingerprint density at radius 3 is 2.73 bits per heavy atom. The van der Waals surface area contributed by atoms with Crippen molar-refractivity contribution in [1.29, 1.82) is 0 Å². The fourth-order valence-corrected chi connectivity index (χ4v) is 2.00. The second-order valence-corrected chi connectivity index (χ2v) is 4.14. The van der Waals surface area contributed by atoms with Gasteiger partial charge in [0.1, 0.15) is 0 Å². The van der Waals surface area contributed by atoms with Crippen molar-refractivity contribution in [3.63, 3.8) is 0 Å². The molecule has 0 radical (unpaired) electrons. The van der Waals surface area contributed by atoms with Crippen LogP contribution in [0.5, 0.6) is 0 Å². The highest BCUT2D eigenvalue weighted by molar-refractivity contribution is 5.39. The van der Waals surface area contributed by atoms with Gasteiger partial charge in [-0.1, -0.05) is 0 Å². The number of aromatic nitrogens is 2. The summed E-state index contributed by atoms with van der Waals surface area (Å²) in [5.41, 5.74) is 1.18. The van der Waals surface area contributed by atoms with Crippen molar-refractivity contribution in [2.45, 2.75) is 25.8 Å². The van der Waals surface area contributed by atoms with Crippen LogP contribution < -0.4 is 10.2 Å². The standard InChI is InChI=1S/C11H18N4/c1-9-7-11(14-13-8-9)15-5-3-10(12-2)4-6-15/h7-8,10,12H,3-6H2,1-2H3. The molecule has 1 aliphatic rings. The van der Waals surface area contributed by atoms with Gasteiger partial charge in [-0.2, -0.15) is 5.10 Å². The van der Waals surface area contributed by atoms with Gasteiger partial charge in [0.15, 0.2) is 5.82 Å². The average Bonchev–Trinajstić information content (AvgIpc) is 2.29. The molecule has 15 heavy (non-hydrogen) atoms. The van der Waals surface area contributed by atoms with E-state index in [1.807, 2.05) is 7.05 Å². The Hall–Kier alpha value is -1.16. The predicted octanol–water partition coefficient (Wildman–Crippen LogP) is 0.973. The minimum Gasteiger partial charge on any atom is -0.355 e. The molecule has 0 spiro atoms. The molecule has 4 heteroatoms. The summed E-state index contributed by atoms with van der Waals surface area (Å²) in [6.45, 7) is 4.20. The van der Waals surface area contributed by atoms with Gasteiger partial charge in [-0.05, 0) is 38.4 Å². The molecule has 2 rings (SSSR count). The third kappa shape index (κ3) is 2.45. The van der Waals surface area contributed by atoms with Crippen LogP contribution in [0.3, 0.4) is 0 Å². The van der Waals surface area contributed by atoms with Gasteiger partial charge in [0.25, 0.3) is 0 Å². The molecule has 0 atom stereocenters. The zero-order valence-corrected chi connectivity index (χ0v) is 9.40. The lowest BCUT2D eigenvalue weighted by molar-refractivity contribution is 0.440. The Morgan fingerprint density at radius 2 is 2.13 bits per heavy atom. The molecule has 1 saturated heterocycles. The molecule has 0 saturated carbocycles. The molecular weight excluding hydrogens is 188 g/mol. The quantitative estimate of drug-likeness (QED) is 0.783. The molecule has 0 aromatic carbocycles. The first-order chi connectivity index (χ1) is 7.29. The van der Waals surface area contributed by atoms with Gasteiger partial charge in [0.05, 0.1) is 6.20 Å². The summed E-state index contributed by atoms with van der Waals surface area (Å²) in [6, 6.07) is 2.77. The fourth-order valence-electron chi connectivity index (χ4n) is 2.00. The number of rotatable bonds is 2. The zero-order chi connectivity index (χ0) is 10.7. The number of anilines is 1. The van der Waals surface area contributed by atoms with E-state index in [0.29, 0.717) is 6.04 Å². The lowest BCUT2D eigenvalue weighted by Gasteiger charge is -2.32. The molecular formula is C11H18N4. The molecule has 0 unspecified atom stereocenters. The van der Waals surface area contributed by atoms with Gasteiger partial charge in [-0.25, -0.2) is 0 Å². The van der Waals surface area contributed by atoms with E-state index < -0.39 is 0 Å². The summed E-state index contributed by atoms with van der Waals surface area (Å²) in [5, 5.41) is 11.5. The molecule has 1 aromatic rings. The maximum absolute atomic E-state index is 4.17. The maximum atomic E-state index is 4.17. The Morgan fingerprint density at radius 1 is 1.40 bits per heavy atom. The molecule has 1 aromatic heterocycles. The van der Waals surface area contributed by atoms with E-state index in [1.54, 1.807) is 6.20 Å². The summed E-state index contributed by atoms with van der Waals surface area (Å²) >= 11 is 0. The molecule has 1 N–H and O–H groups in total. The topological polar surface area (TPSA) is 41.0 Å². The number of nitrogens with one attached hydrogen (secondary N) is 1. The van der Waals surface area contributed by atoms with Gasteiger partial charge >= 0.3 is 0 Å². The third-order valence-electron chi connectivity index (χ3n) is 3.01. The Labute approximate surface area is 90.7 Å². The van der Waals surface area contributed by atoms with E-state index in [-0.39, 0.29) is 0 Å². The van der Waals surface area contributed by atoms with Crippen molar-refractivity contribution in [3.05, 3.63) is 17.8 Å². The molecule has 0 amide bonds. The lowest BCUT2D eigenvalue weighted by Crippen LogP contribution is -2.41. The zero-order valence-electron chi connectivity index (χ0n) is 9.40. The first-order valence-corrected chi connectivity index (χ1v) is 5.51. The van der Waals surface area contributed by atoms with E-state index in [9.17, 15) is 0 Å². The molecule has 82 valence electrons. The van der Waals surface area contributed by atoms with E-state index in [0.717, 1.165) is 18.9 Å². The fraction of sp³-hybridized carbons (Fsp3) is 0.636. The Balaban J connectivity index is 2.01. The van der Waals surface area contributed by atoms with E-state index in [4.69, 9.17) is 0 Å². The Bertz CT molecular complexity index is 318. The minimum absolute atomic E-state index is 0.666. The molecule has 1 aliphatic heterocycles. The number of hydrogen-bond donors (Lipinski definition) is 1. The van der Waals surface area contributed by atoms with Crippen LogP contribution in [0.1, 0.15) is 18.4 Å². The van der Waals surface area contributed by atoms with Crippen LogP contribution in [-0.2, 0) is 0 Å². The van der Waals surface area contributed by atoms with Crippen molar-refractivity contribution in [2.24, 2.45) is 0 Å². The van der Waals surface area contributed by atoms with Crippen molar-refractivity contribution in [1.82, 2.24) is 15.5 Å². The lowest BCUT2D eigenvalue weighted by atomic mass is 10.1. The van der Waals surface area contributed by atoms with Crippen molar-refractivity contribution in [2.75, 3.05) is 25.0 Å². The first kappa shape index (κ1) is 10.4. The van der Waals surface area contributed by atoms with Crippen LogP contribution in [0.15, 0.2) is 12.3 Å². The monoisotopic (exact) mass is 206 g/mol. The molecule has 4 nitrogen and oxygen atoms in total. The average molecular weight is 206 g/mol. The number of piperidine rings is 1. The second-order valence-electron chi connectivity index (χ2n) is 4.14. The van der Waals surface area contributed by atoms with Gasteiger partial charge in [0.2, 0.25) is 0 Å². The van der Waals surface area contributed by atoms with Crippen LogP contribution in [0.25, 0.3) is 0 Å². The van der Waals surface area contributed by atoms with Crippen molar-refractivity contribution >= 4 is 5.82 Å². The van der Waals surface area contributed by atoms with Gasteiger partial charge in [-0.3, -0.25) is 0 Å². The molecule has 0 aliphatic carbocycles.